The van der Waals surface area contributed by atoms with Crippen LogP contribution in [0.25, 0.3) is 16.7 Å². The SMILES string of the molecule is COC(=O)C(=CC1=CN(Cc2cc(C)cc(-n3nc4ccccc4n3)c2O)C2C=CC=CC12)C(=O)OC. The molecule has 0 radical (unpaired) electrons. The number of aromatic nitrogens is 3. The smallest absolute Gasteiger partial charge is 0.345 e. The highest BCUT2D eigenvalue weighted by Gasteiger charge is 2.34. The van der Waals surface area contributed by atoms with Crippen LogP contribution in [-0.4, -0.2) is 57.2 Å². The molecule has 1 aromatic heterocycles. The van der Waals surface area contributed by atoms with Gasteiger partial charge in [0.15, 0.2) is 0 Å². The van der Waals surface area contributed by atoms with E-state index < -0.39 is 11.9 Å². The van der Waals surface area contributed by atoms with Crippen LogP contribution in [0.15, 0.2) is 84.1 Å². The maximum absolute atomic E-state index is 12.2. The molecule has 0 saturated heterocycles. The number of carbonyl (C=O) groups is 2. The van der Waals surface area contributed by atoms with Gasteiger partial charge in [-0.3, -0.25) is 0 Å². The molecule has 5 rings (SSSR count). The van der Waals surface area contributed by atoms with Gasteiger partial charge < -0.3 is 19.5 Å². The van der Waals surface area contributed by atoms with E-state index in [1.165, 1.54) is 25.1 Å². The number of nitrogens with zero attached hydrogens (tertiary/aromatic N) is 4. The maximum atomic E-state index is 12.2. The van der Waals surface area contributed by atoms with Crippen LogP contribution in [0.1, 0.15) is 11.1 Å². The predicted octanol–water partition coefficient (Wildman–Crippen LogP) is 3.52. The van der Waals surface area contributed by atoms with Crippen molar-refractivity contribution in [2.45, 2.75) is 19.5 Å². The van der Waals surface area contributed by atoms with E-state index in [1.807, 2.05) is 73.8 Å². The van der Waals surface area contributed by atoms with E-state index in [-0.39, 0.29) is 23.3 Å². The van der Waals surface area contributed by atoms with Gasteiger partial charge in [-0.1, -0.05) is 42.5 Å². The van der Waals surface area contributed by atoms with Crippen molar-refractivity contribution in [2.75, 3.05) is 14.2 Å². The lowest BCUT2D eigenvalue weighted by Crippen LogP contribution is -2.30. The molecule has 3 aromatic rings. The third-order valence-corrected chi connectivity index (χ3v) is 6.48. The van der Waals surface area contributed by atoms with Crippen LogP contribution in [0.4, 0.5) is 0 Å². The summed E-state index contributed by atoms with van der Waals surface area (Å²) in [6.07, 6.45) is 11.4. The summed E-state index contributed by atoms with van der Waals surface area (Å²) in [7, 11) is 2.44. The van der Waals surface area contributed by atoms with Gasteiger partial charge in [0, 0.05) is 24.2 Å². The Hall–Kier alpha value is -4.66. The highest BCUT2D eigenvalue weighted by atomic mass is 16.5. The zero-order chi connectivity index (χ0) is 26.1. The van der Waals surface area contributed by atoms with Crippen molar-refractivity contribution in [3.63, 3.8) is 0 Å². The van der Waals surface area contributed by atoms with E-state index in [0.717, 1.165) is 22.2 Å². The summed E-state index contributed by atoms with van der Waals surface area (Å²) in [6.45, 7) is 2.33. The summed E-state index contributed by atoms with van der Waals surface area (Å²) < 4.78 is 9.56. The van der Waals surface area contributed by atoms with Crippen LogP contribution in [-0.2, 0) is 25.6 Å². The number of phenols is 1. The molecule has 2 aromatic carbocycles. The van der Waals surface area contributed by atoms with Crippen molar-refractivity contribution in [1.29, 1.82) is 0 Å². The molecule has 0 amide bonds. The fraction of sp³-hybridized carbons (Fsp3) is 0.214. The Balaban J connectivity index is 1.52. The third kappa shape index (κ3) is 4.51. The van der Waals surface area contributed by atoms with Gasteiger partial charge >= 0.3 is 11.9 Å². The Morgan fingerprint density at radius 1 is 1.03 bits per heavy atom. The first-order chi connectivity index (χ1) is 17.9. The molecule has 2 aliphatic rings. The normalized spacial score (nSPS) is 17.9. The van der Waals surface area contributed by atoms with E-state index in [2.05, 4.69) is 15.1 Å². The second kappa shape index (κ2) is 9.77. The summed E-state index contributed by atoms with van der Waals surface area (Å²) in [6, 6.07) is 11.2. The molecule has 9 nitrogen and oxygen atoms in total. The Morgan fingerprint density at radius 3 is 2.32 bits per heavy atom. The second-order valence-electron chi connectivity index (χ2n) is 8.90. The zero-order valence-electron chi connectivity index (χ0n) is 20.7. The maximum Gasteiger partial charge on any atom is 0.345 e. The van der Waals surface area contributed by atoms with E-state index in [0.29, 0.717) is 17.8 Å². The lowest BCUT2D eigenvalue weighted by atomic mass is 9.90. The third-order valence-electron chi connectivity index (χ3n) is 6.48. The molecule has 1 aliphatic heterocycles. The highest BCUT2D eigenvalue weighted by Crippen LogP contribution is 2.37. The van der Waals surface area contributed by atoms with Crippen LogP contribution in [0.3, 0.4) is 0 Å². The van der Waals surface area contributed by atoms with Crippen LogP contribution >= 0.6 is 0 Å². The summed E-state index contributed by atoms with van der Waals surface area (Å²) in [5.74, 6) is -1.55. The van der Waals surface area contributed by atoms with E-state index in [4.69, 9.17) is 9.47 Å². The molecular formula is C28H26N4O5. The number of rotatable bonds is 6. The predicted molar refractivity (Wildman–Crippen MR) is 137 cm³/mol. The molecule has 2 unspecified atom stereocenters. The number of methoxy groups -OCH3 is 2. The number of esters is 2. The highest BCUT2D eigenvalue weighted by molar-refractivity contribution is 6.14. The number of fused-ring (bicyclic) bond motifs is 2. The molecule has 1 aliphatic carbocycles. The van der Waals surface area contributed by atoms with E-state index in [9.17, 15) is 14.7 Å². The van der Waals surface area contributed by atoms with Crippen molar-refractivity contribution in [1.82, 2.24) is 19.9 Å². The lowest BCUT2D eigenvalue weighted by molar-refractivity contribution is -0.144. The molecule has 188 valence electrons. The van der Waals surface area contributed by atoms with Crippen LogP contribution in [0.5, 0.6) is 5.75 Å². The Bertz CT molecular complexity index is 1460. The zero-order valence-corrected chi connectivity index (χ0v) is 20.7. The fourth-order valence-corrected chi connectivity index (χ4v) is 4.73. The molecule has 0 spiro atoms. The average Bonchev–Trinajstić information content (AvgIpc) is 3.50. The molecule has 0 bridgehead atoms. The minimum atomic E-state index is -0.766. The van der Waals surface area contributed by atoms with Gasteiger partial charge in [-0.2, -0.15) is 0 Å². The summed E-state index contributed by atoms with van der Waals surface area (Å²) in [5, 5.41) is 20.3. The van der Waals surface area contributed by atoms with Gasteiger partial charge in [-0.15, -0.1) is 15.0 Å². The molecule has 37 heavy (non-hydrogen) atoms. The number of phenolic OH excluding ortho intramolecular Hbond substituents is 1. The molecule has 1 N–H and O–H groups in total. The number of hydrogen-bond acceptors (Lipinski definition) is 8. The molecule has 0 fully saturated rings. The fourth-order valence-electron chi connectivity index (χ4n) is 4.73. The first kappa shape index (κ1) is 24.1. The first-order valence-electron chi connectivity index (χ1n) is 11.8. The van der Waals surface area contributed by atoms with Crippen molar-refractivity contribution < 1.29 is 24.2 Å². The number of allylic oxidation sites excluding steroid dienone is 3. The monoisotopic (exact) mass is 498 g/mol. The van der Waals surface area contributed by atoms with Crippen LogP contribution < -0.4 is 0 Å². The molecule has 2 atom stereocenters. The number of ether oxygens (including phenoxy) is 2. The summed E-state index contributed by atoms with van der Waals surface area (Å²) in [5.41, 5.74) is 4.17. The van der Waals surface area contributed by atoms with Crippen LogP contribution in [0, 0.1) is 12.8 Å². The number of carbonyl (C=O) groups excluding carboxylic acids is 2. The van der Waals surface area contributed by atoms with Crippen LogP contribution in [0.2, 0.25) is 0 Å². The van der Waals surface area contributed by atoms with Crippen molar-refractivity contribution >= 4 is 23.0 Å². The average molecular weight is 499 g/mol. The van der Waals surface area contributed by atoms with Crippen molar-refractivity contribution in [2.24, 2.45) is 5.92 Å². The Labute approximate surface area is 213 Å². The molecule has 9 heteroatoms. The minimum absolute atomic E-state index is 0.0680. The number of aryl methyl sites for hydroxylation is 1. The molecular weight excluding hydrogens is 472 g/mol. The van der Waals surface area contributed by atoms with Gasteiger partial charge in [0.2, 0.25) is 0 Å². The van der Waals surface area contributed by atoms with E-state index >= 15 is 0 Å². The number of aromatic hydroxyl groups is 1. The van der Waals surface area contributed by atoms with Crippen molar-refractivity contribution in [3.05, 3.63) is 95.3 Å². The molecule has 0 saturated carbocycles. The lowest BCUT2D eigenvalue weighted by Gasteiger charge is -2.28. The largest absolute Gasteiger partial charge is 0.505 e. The summed E-state index contributed by atoms with van der Waals surface area (Å²) in [4.78, 5) is 28.0. The Morgan fingerprint density at radius 2 is 1.68 bits per heavy atom. The topological polar surface area (TPSA) is 107 Å². The quantitative estimate of drug-likeness (QED) is 0.238. The van der Waals surface area contributed by atoms with E-state index in [1.54, 1.807) is 0 Å². The van der Waals surface area contributed by atoms with Gasteiger partial charge in [-0.25, -0.2) is 9.59 Å². The number of benzene rings is 2. The van der Waals surface area contributed by atoms with Gasteiger partial charge in [0.05, 0.1) is 20.3 Å². The molecule has 2 heterocycles. The van der Waals surface area contributed by atoms with Gasteiger partial charge in [0.1, 0.15) is 28.0 Å². The Kier molecular flexibility index (Phi) is 6.35. The van der Waals surface area contributed by atoms with Gasteiger partial charge in [0.25, 0.3) is 0 Å². The van der Waals surface area contributed by atoms with Crippen molar-refractivity contribution in [3.8, 4) is 11.4 Å². The van der Waals surface area contributed by atoms with Gasteiger partial charge in [-0.05, 0) is 42.3 Å². The standard InChI is InChI=1S/C28H26N4O5/c1-17-12-19(26(33)25(13-17)32-29-22-9-5-6-10-23(22)30-32)16-31-15-18(20-8-4-7-11-24(20)31)14-21(27(34)36-2)28(35)37-3/h4-15,20,24,33H,16H2,1-3H3. The summed E-state index contributed by atoms with van der Waals surface area (Å²) >= 11 is 0. The second-order valence-corrected chi connectivity index (χ2v) is 8.90. The minimum Gasteiger partial charge on any atom is -0.505 e. The number of hydrogen-bond donors (Lipinski definition) is 1. The first-order valence-corrected chi connectivity index (χ1v) is 11.8.